The quantitative estimate of drug-likeness (QED) is 0.164. The van der Waals surface area contributed by atoms with Crippen molar-refractivity contribution in [2.45, 2.75) is 71.2 Å². The van der Waals surface area contributed by atoms with Gasteiger partial charge in [-0.3, -0.25) is 14.4 Å². The van der Waals surface area contributed by atoms with Crippen molar-refractivity contribution < 1.29 is 24.2 Å². The summed E-state index contributed by atoms with van der Waals surface area (Å²) in [5.74, 6) is -1.06. The molecule has 46 heavy (non-hydrogen) atoms. The topological polar surface area (TPSA) is 130 Å². The van der Waals surface area contributed by atoms with Gasteiger partial charge in [-0.15, -0.1) is 0 Å². The van der Waals surface area contributed by atoms with Gasteiger partial charge in [-0.25, -0.2) is 4.98 Å². The Morgan fingerprint density at radius 1 is 0.848 bits per heavy atom. The number of carbonyl (C=O) groups is 3. The molecule has 4 N–H and O–H groups in total. The summed E-state index contributed by atoms with van der Waals surface area (Å²) in [5.41, 5.74) is 1.70. The second kappa shape index (κ2) is 15.5. The maximum atomic E-state index is 13.8. The maximum absolute atomic E-state index is 13.8. The number of rotatable bonds is 13. The van der Waals surface area contributed by atoms with Crippen LogP contribution in [0.1, 0.15) is 67.4 Å². The molecule has 1 heterocycles. The number of aliphatic hydroxyl groups is 1. The van der Waals surface area contributed by atoms with Crippen molar-refractivity contribution in [2.24, 2.45) is 5.92 Å². The molecule has 0 spiro atoms. The number of aromatic nitrogens is 1. The van der Waals surface area contributed by atoms with Gasteiger partial charge in [0.25, 0.3) is 11.8 Å². The molecule has 0 fully saturated rings. The molecule has 9 nitrogen and oxygen atoms in total. The summed E-state index contributed by atoms with van der Waals surface area (Å²) in [4.78, 5) is 44.5. The van der Waals surface area contributed by atoms with E-state index < -0.39 is 35.5 Å². The highest BCUT2D eigenvalue weighted by molar-refractivity contribution is 5.98. The predicted octanol–water partition coefficient (Wildman–Crippen LogP) is 5.08. The van der Waals surface area contributed by atoms with Crippen LogP contribution in [0.4, 0.5) is 0 Å². The van der Waals surface area contributed by atoms with E-state index in [1.54, 1.807) is 30.3 Å². The molecule has 4 atom stereocenters. The molecule has 0 aliphatic heterocycles. The predicted molar refractivity (Wildman–Crippen MR) is 180 cm³/mol. The number of hydrogen-bond donors (Lipinski definition) is 4. The number of amides is 3. The Labute approximate surface area is 270 Å². The second-order valence-corrected chi connectivity index (χ2v) is 12.6. The monoisotopic (exact) mass is 624 g/mol. The maximum Gasteiger partial charge on any atom is 0.270 e. The number of para-hydroxylation sites is 2. The third-order valence-corrected chi connectivity index (χ3v) is 7.73. The number of aliphatic hydroxyl groups excluding tert-OH is 1. The zero-order chi connectivity index (χ0) is 33.3. The molecule has 0 radical (unpaired) electrons. The molecule has 3 amide bonds. The summed E-state index contributed by atoms with van der Waals surface area (Å²) >= 11 is 0. The number of pyridine rings is 1. The van der Waals surface area contributed by atoms with Gasteiger partial charge in [0, 0.05) is 10.9 Å². The van der Waals surface area contributed by atoms with Crippen molar-refractivity contribution in [3.63, 3.8) is 0 Å². The molecule has 0 aliphatic carbocycles. The lowest BCUT2D eigenvalue weighted by molar-refractivity contribution is -0.125. The number of hydrogen-bond acceptors (Lipinski definition) is 6. The Kier molecular flexibility index (Phi) is 11.5. The van der Waals surface area contributed by atoms with Crippen LogP contribution in [0.5, 0.6) is 5.75 Å². The molecule has 4 rings (SSSR count). The van der Waals surface area contributed by atoms with Crippen molar-refractivity contribution in [3.8, 4) is 5.75 Å². The molecular weight excluding hydrogens is 580 g/mol. The van der Waals surface area contributed by atoms with E-state index in [4.69, 9.17) is 4.74 Å². The molecule has 4 aromatic rings. The first kappa shape index (κ1) is 34.1. The summed E-state index contributed by atoms with van der Waals surface area (Å²) in [6, 6.07) is 25.7. The van der Waals surface area contributed by atoms with E-state index in [1.165, 1.54) is 0 Å². The lowest BCUT2D eigenvalue weighted by Crippen LogP contribution is -2.56. The van der Waals surface area contributed by atoms with E-state index in [2.05, 4.69) is 20.9 Å². The first-order chi connectivity index (χ1) is 21.9. The highest BCUT2D eigenvalue weighted by Crippen LogP contribution is 2.20. The SMILES string of the molecule is CC[C@@H](C)[C@H](NC(=O)c1ccc2ccccc2n1)C(=O)N[C@@H](Cc1ccccc1)[C@H](O)COc1ccccc1C(=O)NC(C)(C)C. The van der Waals surface area contributed by atoms with Crippen LogP contribution in [0.3, 0.4) is 0 Å². The van der Waals surface area contributed by atoms with E-state index in [-0.39, 0.29) is 24.1 Å². The summed E-state index contributed by atoms with van der Waals surface area (Å²) in [6.07, 6.45) is -0.193. The largest absolute Gasteiger partial charge is 0.490 e. The first-order valence-corrected chi connectivity index (χ1v) is 15.7. The van der Waals surface area contributed by atoms with E-state index >= 15 is 0 Å². The molecule has 0 unspecified atom stereocenters. The minimum absolute atomic E-state index is 0.182. The Morgan fingerprint density at radius 2 is 1.52 bits per heavy atom. The lowest BCUT2D eigenvalue weighted by atomic mass is 9.96. The molecule has 0 bridgehead atoms. The van der Waals surface area contributed by atoms with E-state index in [1.807, 2.05) is 95.3 Å². The van der Waals surface area contributed by atoms with Gasteiger partial charge in [-0.2, -0.15) is 0 Å². The number of nitrogens with zero attached hydrogens (tertiary/aromatic N) is 1. The summed E-state index contributed by atoms with van der Waals surface area (Å²) < 4.78 is 5.98. The minimum atomic E-state index is -1.14. The first-order valence-electron chi connectivity index (χ1n) is 15.7. The molecule has 3 aromatic carbocycles. The average Bonchev–Trinajstić information content (AvgIpc) is 3.04. The molecule has 0 saturated heterocycles. The minimum Gasteiger partial charge on any atom is -0.490 e. The van der Waals surface area contributed by atoms with Gasteiger partial charge in [-0.05, 0) is 62.9 Å². The Balaban J connectivity index is 1.52. The fourth-order valence-electron chi connectivity index (χ4n) is 5.01. The van der Waals surface area contributed by atoms with Gasteiger partial charge in [-0.1, -0.05) is 87.0 Å². The zero-order valence-corrected chi connectivity index (χ0v) is 27.1. The van der Waals surface area contributed by atoms with Crippen LogP contribution in [0.2, 0.25) is 0 Å². The third-order valence-electron chi connectivity index (χ3n) is 7.73. The van der Waals surface area contributed by atoms with Crippen LogP contribution in [0, 0.1) is 5.92 Å². The molecule has 9 heteroatoms. The number of carbonyl (C=O) groups excluding carboxylic acids is 3. The van der Waals surface area contributed by atoms with Crippen LogP contribution in [0.25, 0.3) is 10.9 Å². The molecule has 0 saturated carbocycles. The zero-order valence-electron chi connectivity index (χ0n) is 27.1. The Bertz CT molecular complexity index is 1640. The van der Waals surface area contributed by atoms with Crippen LogP contribution < -0.4 is 20.7 Å². The van der Waals surface area contributed by atoms with E-state index in [0.717, 1.165) is 10.9 Å². The van der Waals surface area contributed by atoms with Crippen LogP contribution in [0.15, 0.2) is 91.0 Å². The van der Waals surface area contributed by atoms with Crippen LogP contribution in [-0.2, 0) is 11.2 Å². The average molecular weight is 625 g/mol. The van der Waals surface area contributed by atoms with Gasteiger partial charge in [0.15, 0.2) is 0 Å². The fourth-order valence-corrected chi connectivity index (χ4v) is 5.01. The van der Waals surface area contributed by atoms with Gasteiger partial charge in [0.2, 0.25) is 5.91 Å². The summed E-state index contributed by atoms with van der Waals surface area (Å²) in [6.45, 7) is 9.33. The van der Waals surface area contributed by atoms with E-state index in [9.17, 15) is 19.5 Å². The number of ether oxygens (including phenoxy) is 1. The highest BCUT2D eigenvalue weighted by Gasteiger charge is 2.31. The van der Waals surface area contributed by atoms with Crippen molar-refractivity contribution in [3.05, 3.63) is 108 Å². The Hall–Kier alpha value is -4.76. The normalized spacial score (nSPS) is 14.0. The highest BCUT2D eigenvalue weighted by atomic mass is 16.5. The number of fused-ring (bicyclic) bond motifs is 1. The van der Waals surface area contributed by atoms with Gasteiger partial charge in [0.05, 0.1) is 17.1 Å². The molecule has 1 aromatic heterocycles. The van der Waals surface area contributed by atoms with Gasteiger partial charge < -0.3 is 25.8 Å². The molecular formula is C37H44N4O5. The smallest absolute Gasteiger partial charge is 0.270 e. The Morgan fingerprint density at radius 3 is 2.24 bits per heavy atom. The van der Waals surface area contributed by atoms with Crippen molar-refractivity contribution in [1.82, 2.24) is 20.9 Å². The number of nitrogens with one attached hydrogen (secondary N) is 3. The second-order valence-electron chi connectivity index (χ2n) is 12.6. The van der Waals surface area contributed by atoms with Gasteiger partial charge in [0.1, 0.15) is 30.2 Å². The van der Waals surface area contributed by atoms with Gasteiger partial charge >= 0.3 is 0 Å². The number of benzene rings is 3. The van der Waals surface area contributed by atoms with Crippen molar-refractivity contribution in [1.29, 1.82) is 0 Å². The van der Waals surface area contributed by atoms with E-state index in [0.29, 0.717) is 29.7 Å². The van der Waals surface area contributed by atoms with Crippen LogP contribution in [-0.4, -0.2) is 58.1 Å². The fraction of sp³-hybridized carbons (Fsp3) is 0.351. The standard InChI is InChI=1S/C37H44N4O5/c1-6-24(2)33(40-35(44)29-21-20-26-16-10-12-18-28(26)38-29)36(45)39-30(22-25-14-8-7-9-15-25)31(42)23-46-32-19-13-11-17-27(32)34(43)41-37(3,4)5/h7-21,24,30-31,33,42H,6,22-23H2,1-5H3,(H,39,45)(H,40,44)(H,41,43)/t24-,30+,31-,33+/m1/s1. The molecule has 242 valence electrons. The summed E-state index contributed by atoms with van der Waals surface area (Å²) in [5, 5.41) is 21.1. The molecule has 0 aliphatic rings. The van der Waals surface area contributed by atoms with Crippen LogP contribution >= 0.6 is 0 Å². The lowest BCUT2D eigenvalue weighted by Gasteiger charge is -2.29. The van der Waals surface area contributed by atoms with Crippen molar-refractivity contribution >= 4 is 28.6 Å². The third kappa shape index (κ3) is 9.37. The van der Waals surface area contributed by atoms with Crippen molar-refractivity contribution in [2.75, 3.05) is 6.61 Å². The summed E-state index contributed by atoms with van der Waals surface area (Å²) in [7, 11) is 0.